The standard InChI is InChI=1S/C15H18N2S/c16-10-9-11-5-7-12(8-6-11)15-17-13-3-1-2-4-14(13)18-15/h5-8H,1-4,9-10,16H2. The van der Waals surface area contributed by atoms with E-state index in [0.717, 1.165) is 12.8 Å². The van der Waals surface area contributed by atoms with E-state index >= 15 is 0 Å². The first-order chi connectivity index (χ1) is 8.86. The summed E-state index contributed by atoms with van der Waals surface area (Å²) < 4.78 is 0. The van der Waals surface area contributed by atoms with Crippen molar-refractivity contribution in [1.29, 1.82) is 0 Å². The maximum Gasteiger partial charge on any atom is 0.123 e. The molecule has 94 valence electrons. The number of aromatic nitrogens is 1. The fraction of sp³-hybridized carbons (Fsp3) is 0.400. The minimum Gasteiger partial charge on any atom is -0.330 e. The molecule has 3 heteroatoms. The summed E-state index contributed by atoms with van der Waals surface area (Å²) >= 11 is 1.87. The van der Waals surface area contributed by atoms with E-state index in [0.29, 0.717) is 6.54 Å². The van der Waals surface area contributed by atoms with Crippen LogP contribution in [0.15, 0.2) is 24.3 Å². The van der Waals surface area contributed by atoms with Crippen molar-refractivity contribution in [2.75, 3.05) is 6.54 Å². The largest absolute Gasteiger partial charge is 0.330 e. The number of thiazole rings is 1. The van der Waals surface area contributed by atoms with E-state index in [1.807, 2.05) is 11.3 Å². The van der Waals surface area contributed by atoms with Crippen LogP contribution < -0.4 is 5.73 Å². The topological polar surface area (TPSA) is 38.9 Å². The average Bonchev–Trinajstić information content (AvgIpc) is 2.84. The maximum atomic E-state index is 5.57. The molecule has 0 atom stereocenters. The highest BCUT2D eigenvalue weighted by atomic mass is 32.1. The Bertz CT molecular complexity index is 504. The van der Waals surface area contributed by atoms with Crippen molar-refractivity contribution in [3.63, 3.8) is 0 Å². The molecule has 1 aromatic carbocycles. The highest BCUT2D eigenvalue weighted by Gasteiger charge is 2.15. The average molecular weight is 258 g/mol. The Labute approximate surface area is 112 Å². The second-order valence-electron chi connectivity index (χ2n) is 4.83. The number of nitrogens with zero attached hydrogens (tertiary/aromatic N) is 1. The van der Waals surface area contributed by atoms with Crippen LogP contribution in [-0.4, -0.2) is 11.5 Å². The van der Waals surface area contributed by atoms with E-state index in [2.05, 4.69) is 24.3 Å². The minimum atomic E-state index is 0.713. The molecule has 1 aliphatic rings. The van der Waals surface area contributed by atoms with Crippen LogP contribution in [0.3, 0.4) is 0 Å². The fourth-order valence-electron chi connectivity index (χ4n) is 2.46. The molecule has 0 aliphatic heterocycles. The minimum absolute atomic E-state index is 0.713. The molecule has 2 N–H and O–H groups in total. The lowest BCUT2D eigenvalue weighted by molar-refractivity contribution is 0.682. The number of hydrogen-bond donors (Lipinski definition) is 1. The molecule has 0 bridgehead atoms. The predicted molar refractivity (Wildman–Crippen MR) is 77.0 cm³/mol. The molecule has 0 radical (unpaired) electrons. The lowest BCUT2D eigenvalue weighted by Gasteiger charge is -2.06. The van der Waals surface area contributed by atoms with Gasteiger partial charge in [0.1, 0.15) is 5.01 Å². The second-order valence-corrected chi connectivity index (χ2v) is 5.92. The van der Waals surface area contributed by atoms with E-state index in [1.54, 1.807) is 0 Å². The Morgan fingerprint density at radius 3 is 2.61 bits per heavy atom. The first kappa shape index (κ1) is 11.9. The van der Waals surface area contributed by atoms with Crippen LogP contribution in [0.5, 0.6) is 0 Å². The molecule has 2 aromatic rings. The molecule has 1 heterocycles. The monoisotopic (exact) mass is 258 g/mol. The summed E-state index contributed by atoms with van der Waals surface area (Å²) in [6.45, 7) is 0.713. The van der Waals surface area contributed by atoms with Gasteiger partial charge in [0.05, 0.1) is 5.69 Å². The normalized spacial score (nSPS) is 14.5. The van der Waals surface area contributed by atoms with E-state index in [-0.39, 0.29) is 0 Å². The number of rotatable bonds is 3. The molecular formula is C15H18N2S. The molecule has 0 spiro atoms. The van der Waals surface area contributed by atoms with Gasteiger partial charge in [0.2, 0.25) is 0 Å². The summed E-state index contributed by atoms with van der Waals surface area (Å²) in [7, 11) is 0. The molecule has 3 rings (SSSR count). The number of aryl methyl sites for hydroxylation is 2. The van der Waals surface area contributed by atoms with Gasteiger partial charge in [-0.15, -0.1) is 11.3 Å². The van der Waals surface area contributed by atoms with E-state index in [1.165, 1.54) is 46.0 Å². The Kier molecular flexibility index (Phi) is 3.43. The Balaban J connectivity index is 1.87. The van der Waals surface area contributed by atoms with Gasteiger partial charge in [0, 0.05) is 10.4 Å². The lowest BCUT2D eigenvalue weighted by atomic mass is 10.0. The second kappa shape index (κ2) is 5.21. The highest BCUT2D eigenvalue weighted by Crippen LogP contribution is 2.32. The van der Waals surface area contributed by atoms with Gasteiger partial charge in [-0.1, -0.05) is 24.3 Å². The third-order valence-corrected chi connectivity index (χ3v) is 4.69. The van der Waals surface area contributed by atoms with E-state index < -0.39 is 0 Å². The Hall–Kier alpha value is -1.19. The zero-order valence-corrected chi connectivity index (χ0v) is 11.3. The smallest absolute Gasteiger partial charge is 0.123 e. The molecule has 1 aromatic heterocycles. The van der Waals surface area contributed by atoms with Crippen LogP contribution in [0.1, 0.15) is 29.0 Å². The summed E-state index contributed by atoms with van der Waals surface area (Å²) in [6, 6.07) is 8.69. The van der Waals surface area contributed by atoms with Gasteiger partial charge in [0.15, 0.2) is 0 Å². The molecule has 0 saturated carbocycles. The molecule has 0 unspecified atom stereocenters. The zero-order chi connectivity index (χ0) is 12.4. The summed E-state index contributed by atoms with van der Waals surface area (Å²) in [6.07, 6.45) is 5.96. The van der Waals surface area contributed by atoms with Gasteiger partial charge in [0.25, 0.3) is 0 Å². The van der Waals surface area contributed by atoms with Crippen LogP contribution >= 0.6 is 11.3 Å². The highest BCUT2D eigenvalue weighted by molar-refractivity contribution is 7.15. The van der Waals surface area contributed by atoms with Crippen LogP contribution in [0.2, 0.25) is 0 Å². The van der Waals surface area contributed by atoms with Crippen molar-refractivity contribution >= 4 is 11.3 Å². The molecular weight excluding hydrogens is 240 g/mol. The Morgan fingerprint density at radius 1 is 1.11 bits per heavy atom. The summed E-state index contributed by atoms with van der Waals surface area (Å²) in [4.78, 5) is 6.29. The van der Waals surface area contributed by atoms with E-state index in [4.69, 9.17) is 10.7 Å². The zero-order valence-electron chi connectivity index (χ0n) is 10.5. The molecule has 0 saturated heterocycles. The molecule has 0 amide bonds. The molecule has 0 fully saturated rings. The van der Waals surface area contributed by atoms with Gasteiger partial charge in [-0.05, 0) is 44.2 Å². The van der Waals surface area contributed by atoms with E-state index in [9.17, 15) is 0 Å². The number of hydrogen-bond acceptors (Lipinski definition) is 3. The van der Waals surface area contributed by atoms with Gasteiger partial charge >= 0.3 is 0 Å². The van der Waals surface area contributed by atoms with Crippen molar-refractivity contribution in [2.24, 2.45) is 5.73 Å². The van der Waals surface area contributed by atoms with Crippen molar-refractivity contribution in [1.82, 2.24) is 4.98 Å². The van der Waals surface area contributed by atoms with Gasteiger partial charge in [-0.3, -0.25) is 0 Å². The van der Waals surface area contributed by atoms with Crippen LogP contribution in [0.25, 0.3) is 10.6 Å². The van der Waals surface area contributed by atoms with Crippen LogP contribution in [0.4, 0.5) is 0 Å². The molecule has 18 heavy (non-hydrogen) atoms. The van der Waals surface area contributed by atoms with Crippen LogP contribution in [0, 0.1) is 0 Å². The van der Waals surface area contributed by atoms with Gasteiger partial charge in [-0.25, -0.2) is 4.98 Å². The summed E-state index contributed by atoms with van der Waals surface area (Å²) in [5, 5.41) is 1.18. The quantitative estimate of drug-likeness (QED) is 0.918. The Morgan fingerprint density at radius 2 is 1.89 bits per heavy atom. The molecule has 2 nitrogen and oxygen atoms in total. The van der Waals surface area contributed by atoms with Crippen LogP contribution in [-0.2, 0) is 19.3 Å². The lowest BCUT2D eigenvalue weighted by Crippen LogP contribution is -2.02. The summed E-state index contributed by atoms with van der Waals surface area (Å²) in [5.41, 5.74) is 9.46. The third kappa shape index (κ3) is 2.33. The van der Waals surface area contributed by atoms with Gasteiger partial charge in [-0.2, -0.15) is 0 Å². The van der Waals surface area contributed by atoms with Crippen molar-refractivity contribution < 1.29 is 0 Å². The number of nitrogens with two attached hydrogens (primary N) is 1. The fourth-order valence-corrected chi connectivity index (χ4v) is 3.61. The molecule has 1 aliphatic carbocycles. The third-order valence-electron chi connectivity index (χ3n) is 3.48. The van der Waals surface area contributed by atoms with Crippen molar-refractivity contribution in [3.05, 3.63) is 40.4 Å². The SMILES string of the molecule is NCCc1ccc(-c2nc3c(s2)CCCC3)cc1. The predicted octanol–water partition coefficient (Wildman–Crippen LogP) is 3.19. The first-order valence-electron chi connectivity index (χ1n) is 6.65. The summed E-state index contributed by atoms with van der Waals surface area (Å²) in [5.74, 6) is 0. The number of fused-ring (bicyclic) bond motifs is 1. The van der Waals surface area contributed by atoms with Crippen molar-refractivity contribution in [2.45, 2.75) is 32.1 Å². The number of benzene rings is 1. The van der Waals surface area contributed by atoms with Gasteiger partial charge < -0.3 is 5.73 Å². The first-order valence-corrected chi connectivity index (χ1v) is 7.46. The maximum absolute atomic E-state index is 5.57. The van der Waals surface area contributed by atoms with Crippen molar-refractivity contribution in [3.8, 4) is 10.6 Å².